The van der Waals surface area contributed by atoms with Gasteiger partial charge in [-0.1, -0.05) is 11.8 Å². The van der Waals surface area contributed by atoms with Crippen LogP contribution in [0, 0.1) is 0 Å². The lowest BCUT2D eigenvalue weighted by Gasteiger charge is -2.26. The number of morpholine rings is 1. The number of amides is 1. The molecule has 0 aliphatic carbocycles. The van der Waals surface area contributed by atoms with Crippen LogP contribution in [0.15, 0.2) is 28.4 Å². The number of nitrogens with one attached hydrogen (secondary N) is 1. The van der Waals surface area contributed by atoms with Crippen molar-refractivity contribution in [3.63, 3.8) is 0 Å². The normalized spacial score (nSPS) is 19.9. The van der Waals surface area contributed by atoms with Gasteiger partial charge in [-0.25, -0.2) is 0 Å². The summed E-state index contributed by atoms with van der Waals surface area (Å²) >= 11 is 1.34. The molecule has 0 saturated carbocycles. The summed E-state index contributed by atoms with van der Waals surface area (Å²) in [5, 5.41) is 11.2. The molecule has 140 valence electrons. The Bertz CT molecular complexity index is 689. The summed E-state index contributed by atoms with van der Waals surface area (Å²) in [6.45, 7) is 4.83. The van der Waals surface area contributed by atoms with Crippen molar-refractivity contribution in [2.24, 2.45) is 10.2 Å². The van der Waals surface area contributed by atoms with E-state index in [4.69, 9.17) is 14.2 Å². The molecule has 1 aromatic rings. The first-order valence-corrected chi connectivity index (χ1v) is 9.38. The van der Waals surface area contributed by atoms with Gasteiger partial charge in [0.25, 0.3) is 0 Å². The third kappa shape index (κ3) is 5.45. The number of rotatable bonds is 7. The molecule has 0 aromatic heterocycles. The predicted octanol–water partition coefficient (Wildman–Crippen LogP) is 0.959. The molecule has 0 atom stereocenters. The molecule has 2 aliphatic heterocycles. The molecule has 0 unspecified atom stereocenters. The lowest BCUT2D eigenvalue weighted by molar-refractivity contribution is -0.116. The topological polar surface area (TPSA) is 84.8 Å². The van der Waals surface area contributed by atoms with E-state index in [-0.39, 0.29) is 5.91 Å². The third-order valence-electron chi connectivity index (χ3n) is 3.90. The summed E-state index contributed by atoms with van der Waals surface area (Å²) in [7, 11) is 1.61. The smallest absolute Gasteiger partial charge is 0.236 e. The number of ether oxygens (including phenoxy) is 3. The molecule has 2 fully saturated rings. The molecule has 2 saturated heterocycles. The van der Waals surface area contributed by atoms with Crippen LogP contribution in [0.5, 0.6) is 11.5 Å². The van der Waals surface area contributed by atoms with Gasteiger partial charge in [0.2, 0.25) is 5.91 Å². The highest BCUT2D eigenvalue weighted by molar-refractivity contribution is 8.15. The van der Waals surface area contributed by atoms with Gasteiger partial charge in [-0.05, 0) is 23.8 Å². The highest BCUT2D eigenvalue weighted by Gasteiger charge is 2.16. The van der Waals surface area contributed by atoms with E-state index in [2.05, 4.69) is 20.4 Å². The Morgan fingerprint density at radius 3 is 2.92 bits per heavy atom. The summed E-state index contributed by atoms with van der Waals surface area (Å²) in [6.07, 6.45) is 1.62. The van der Waals surface area contributed by atoms with Crippen LogP contribution in [0.1, 0.15) is 5.56 Å². The fourth-order valence-corrected chi connectivity index (χ4v) is 3.15. The van der Waals surface area contributed by atoms with Gasteiger partial charge in [-0.15, -0.1) is 5.10 Å². The quantitative estimate of drug-likeness (QED) is 0.562. The molecule has 1 N–H and O–H groups in total. The number of hydrogen-bond donors (Lipinski definition) is 1. The molecular formula is C17H22N4O4S. The Hall–Kier alpha value is -2.10. The van der Waals surface area contributed by atoms with Crippen molar-refractivity contribution < 1.29 is 19.0 Å². The molecule has 2 aliphatic rings. The highest BCUT2D eigenvalue weighted by atomic mass is 32.2. The van der Waals surface area contributed by atoms with Crippen LogP contribution in [-0.4, -0.2) is 74.5 Å². The second kappa shape index (κ2) is 9.56. The molecule has 8 nitrogen and oxygen atoms in total. The molecule has 0 radical (unpaired) electrons. The number of nitrogens with zero attached hydrogens (tertiary/aromatic N) is 3. The zero-order chi connectivity index (χ0) is 18.2. The van der Waals surface area contributed by atoms with Gasteiger partial charge in [0.05, 0.1) is 32.3 Å². The number of hydrogen-bond acceptors (Lipinski definition) is 8. The maximum Gasteiger partial charge on any atom is 0.236 e. The first kappa shape index (κ1) is 18.7. The fraction of sp³-hybridized carbons (Fsp3) is 0.471. The largest absolute Gasteiger partial charge is 0.493 e. The first-order valence-electron chi connectivity index (χ1n) is 8.39. The molecule has 0 spiro atoms. The molecular weight excluding hydrogens is 356 g/mol. The van der Waals surface area contributed by atoms with Crippen molar-refractivity contribution in [2.75, 3.05) is 52.3 Å². The maximum atomic E-state index is 11.1. The third-order valence-corrected chi connectivity index (χ3v) is 4.76. The van der Waals surface area contributed by atoms with Gasteiger partial charge in [0.15, 0.2) is 16.7 Å². The van der Waals surface area contributed by atoms with Gasteiger partial charge in [-0.3, -0.25) is 9.69 Å². The lowest BCUT2D eigenvalue weighted by atomic mass is 10.2. The maximum absolute atomic E-state index is 11.1. The Morgan fingerprint density at radius 2 is 2.19 bits per heavy atom. The van der Waals surface area contributed by atoms with Crippen molar-refractivity contribution in [3.8, 4) is 11.5 Å². The van der Waals surface area contributed by atoms with E-state index in [1.807, 2.05) is 18.2 Å². The summed E-state index contributed by atoms with van der Waals surface area (Å²) in [5.41, 5.74) is 0.839. The Labute approximate surface area is 156 Å². The van der Waals surface area contributed by atoms with Crippen LogP contribution >= 0.6 is 11.8 Å². The van der Waals surface area contributed by atoms with E-state index >= 15 is 0 Å². The zero-order valence-electron chi connectivity index (χ0n) is 14.6. The summed E-state index contributed by atoms with van der Waals surface area (Å²) < 4.78 is 16.6. The van der Waals surface area contributed by atoms with Crippen LogP contribution in [0.3, 0.4) is 0 Å². The number of benzene rings is 1. The van der Waals surface area contributed by atoms with Crippen LogP contribution in [0.2, 0.25) is 0 Å². The van der Waals surface area contributed by atoms with Gasteiger partial charge in [0, 0.05) is 19.6 Å². The lowest BCUT2D eigenvalue weighted by Crippen LogP contribution is -2.38. The Balaban J connectivity index is 1.57. The molecule has 1 amide bonds. The summed E-state index contributed by atoms with van der Waals surface area (Å²) in [4.78, 5) is 13.4. The van der Waals surface area contributed by atoms with Crippen molar-refractivity contribution >= 4 is 29.1 Å². The van der Waals surface area contributed by atoms with Crippen molar-refractivity contribution in [3.05, 3.63) is 23.8 Å². The van der Waals surface area contributed by atoms with Crippen LogP contribution in [0.25, 0.3) is 0 Å². The van der Waals surface area contributed by atoms with Crippen molar-refractivity contribution in [1.82, 2.24) is 10.2 Å². The number of carbonyl (C=O) groups excluding carboxylic acids is 1. The van der Waals surface area contributed by atoms with Gasteiger partial charge >= 0.3 is 0 Å². The van der Waals surface area contributed by atoms with Crippen molar-refractivity contribution in [1.29, 1.82) is 0 Å². The second-order valence-electron chi connectivity index (χ2n) is 5.70. The van der Waals surface area contributed by atoms with Crippen LogP contribution in [-0.2, 0) is 9.53 Å². The van der Waals surface area contributed by atoms with E-state index in [9.17, 15) is 4.79 Å². The summed E-state index contributed by atoms with van der Waals surface area (Å²) in [6, 6.07) is 5.57. The number of methoxy groups -OCH3 is 1. The molecule has 0 bridgehead atoms. The van der Waals surface area contributed by atoms with Crippen LogP contribution < -0.4 is 14.8 Å². The molecule has 3 rings (SSSR count). The zero-order valence-corrected chi connectivity index (χ0v) is 15.5. The minimum absolute atomic E-state index is 0.0515. The van der Waals surface area contributed by atoms with E-state index in [0.717, 1.165) is 38.4 Å². The van der Waals surface area contributed by atoms with Gasteiger partial charge < -0.3 is 19.5 Å². The predicted molar refractivity (Wildman–Crippen MR) is 101 cm³/mol. The van der Waals surface area contributed by atoms with Gasteiger partial charge in [-0.2, -0.15) is 5.10 Å². The Morgan fingerprint density at radius 1 is 1.35 bits per heavy atom. The monoisotopic (exact) mass is 378 g/mol. The summed E-state index contributed by atoms with van der Waals surface area (Å²) in [5.74, 6) is 1.68. The standard InChI is InChI=1S/C17H22N4O4S/c1-23-14-3-2-13(11-18-20-17-19-16(22)12-26-17)10-15(14)25-9-6-21-4-7-24-8-5-21/h2-3,10-11H,4-9,12H2,1H3,(H,19,20,22). The average molecular weight is 378 g/mol. The number of thioether (sulfide) groups is 1. The van der Waals surface area contributed by atoms with E-state index in [0.29, 0.717) is 29.0 Å². The van der Waals surface area contributed by atoms with E-state index < -0.39 is 0 Å². The minimum atomic E-state index is -0.0515. The molecule has 2 heterocycles. The number of amidine groups is 1. The highest BCUT2D eigenvalue weighted by Crippen LogP contribution is 2.27. The van der Waals surface area contributed by atoms with Crippen molar-refractivity contribution in [2.45, 2.75) is 0 Å². The fourth-order valence-electron chi connectivity index (χ4n) is 2.52. The molecule has 26 heavy (non-hydrogen) atoms. The van der Waals surface area contributed by atoms with Crippen LogP contribution in [0.4, 0.5) is 0 Å². The van der Waals surface area contributed by atoms with Gasteiger partial charge in [0.1, 0.15) is 6.61 Å². The molecule has 1 aromatic carbocycles. The Kier molecular flexibility index (Phi) is 6.87. The van der Waals surface area contributed by atoms with E-state index in [1.165, 1.54) is 11.8 Å². The SMILES string of the molecule is COc1ccc(C=NN=C2NC(=O)CS2)cc1OCCN1CCOCC1. The molecule has 9 heteroatoms. The average Bonchev–Trinajstić information content (AvgIpc) is 3.08. The second-order valence-corrected chi connectivity index (χ2v) is 6.66. The minimum Gasteiger partial charge on any atom is -0.493 e. The first-order chi connectivity index (χ1) is 12.7. The number of carbonyl (C=O) groups is 1. The van der Waals surface area contributed by atoms with E-state index in [1.54, 1.807) is 13.3 Å².